The fourth-order valence-electron chi connectivity index (χ4n) is 1.32. The van der Waals surface area contributed by atoms with E-state index < -0.39 is 0 Å². The monoisotopic (exact) mass is 186 g/mol. The highest BCUT2D eigenvalue weighted by Gasteiger charge is 2.28. The van der Waals surface area contributed by atoms with Gasteiger partial charge in [0, 0.05) is 25.6 Å². The standard InChI is InChI=1S/C9H18N2O2/c1-2-3-13-7-9(12)11-5-8(4-10)6-11/h8H,2-7,10H2,1H3. The summed E-state index contributed by atoms with van der Waals surface area (Å²) >= 11 is 0. The SMILES string of the molecule is CCCOCC(=O)N1CC(CN)C1. The second-order valence-corrected chi connectivity index (χ2v) is 3.45. The number of hydrogen-bond donors (Lipinski definition) is 1. The normalized spacial score (nSPS) is 17.2. The second kappa shape index (κ2) is 5.19. The number of carbonyl (C=O) groups excluding carboxylic acids is 1. The van der Waals surface area contributed by atoms with E-state index in [0.29, 0.717) is 19.1 Å². The number of rotatable bonds is 5. The van der Waals surface area contributed by atoms with E-state index in [1.807, 2.05) is 6.92 Å². The molecule has 1 rings (SSSR count). The molecule has 0 radical (unpaired) electrons. The van der Waals surface area contributed by atoms with Gasteiger partial charge in [-0.2, -0.15) is 0 Å². The van der Waals surface area contributed by atoms with Crippen molar-refractivity contribution in [3.63, 3.8) is 0 Å². The molecule has 76 valence electrons. The third kappa shape index (κ3) is 2.97. The third-order valence-electron chi connectivity index (χ3n) is 2.22. The average molecular weight is 186 g/mol. The molecule has 0 saturated carbocycles. The Bertz CT molecular complexity index is 167. The van der Waals surface area contributed by atoms with Gasteiger partial charge in [0.15, 0.2) is 0 Å². The number of nitrogens with two attached hydrogens (primary N) is 1. The van der Waals surface area contributed by atoms with Crippen LogP contribution in [0.2, 0.25) is 0 Å². The van der Waals surface area contributed by atoms with E-state index >= 15 is 0 Å². The summed E-state index contributed by atoms with van der Waals surface area (Å²) in [5.74, 6) is 0.605. The first-order valence-corrected chi connectivity index (χ1v) is 4.83. The Hall–Kier alpha value is -0.610. The molecule has 0 spiro atoms. The zero-order chi connectivity index (χ0) is 9.68. The van der Waals surface area contributed by atoms with E-state index in [4.69, 9.17) is 10.5 Å². The lowest BCUT2D eigenvalue weighted by Gasteiger charge is -2.38. The Balaban J connectivity index is 2.05. The third-order valence-corrected chi connectivity index (χ3v) is 2.22. The van der Waals surface area contributed by atoms with Gasteiger partial charge in [-0.15, -0.1) is 0 Å². The molecular weight excluding hydrogens is 168 g/mol. The maximum Gasteiger partial charge on any atom is 0.248 e. The summed E-state index contributed by atoms with van der Waals surface area (Å²) in [7, 11) is 0. The molecule has 2 N–H and O–H groups in total. The number of likely N-dealkylation sites (tertiary alicyclic amines) is 1. The number of carbonyl (C=O) groups is 1. The van der Waals surface area contributed by atoms with E-state index in [9.17, 15) is 4.79 Å². The summed E-state index contributed by atoms with van der Waals surface area (Å²) in [6.07, 6.45) is 0.957. The molecule has 1 amide bonds. The van der Waals surface area contributed by atoms with Crippen LogP contribution in [0.15, 0.2) is 0 Å². The van der Waals surface area contributed by atoms with Crippen LogP contribution in [0.4, 0.5) is 0 Å². The lowest BCUT2D eigenvalue weighted by Crippen LogP contribution is -2.53. The largest absolute Gasteiger partial charge is 0.372 e. The van der Waals surface area contributed by atoms with Crippen LogP contribution in [-0.2, 0) is 9.53 Å². The molecule has 1 saturated heterocycles. The van der Waals surface area contributed by atoms with E-state index in [0.717, 1.165) is 19.5 Å². The number of amides is 1. The Morgan fingerprint density at radius 3 is 2.85 bits per heavy atom. The van der Waals surface area contributed by atoms with Crippen molar-refractivity contribution in [2.75, 3.05) is 32.8 Å². The van der Waals surface area contributed by atoms with Crippen molar-refractivity contribution in [3.05, 3.63) is 0 Å². The molecule has 1 aliphatic rings. The fourth-order valence-corrected chi connectivity index (χ4v) is 1.32. The first-order chi connectivity index (χ1) is 6.27. The Morgan fingerprint density at radius 2 is 2.31 bits per heavy atom. The quantitative estimate of drug-likeness (QED) is 0.606. The number of ether oxygens (including phenoxy) is 1. The van der Waals surface area contributed by atoms with Gasteiger partial charge in [-0.1, -0.05) is 6.92 Å². The van der Waals surface area contributed by atoms with Crippen molar-refractivity contribution >= 4 is 5.91 Å². The molecular formula is C9H18N2O2. The highest BCUT2D eigenvalue weighted by molar-refractivity contribution is 5.78. The maximum absolute atomic E-state index is 11.3. The summed E-state index contributed by atoms with van der Waals surface area (Å²) < 4.78 is 5.15. The topological polar surface area (TPSA) is 55.6 Å². The molecule has 0 atom stereocenters. The molecule has 4 heteroatoms. The van der Waals surface area contributed by atoms with E-state index in [-0.39, 0.29) is 12.5 Å². The van der Waals surface area contributed by atoms with Crippen molar-refractivity contribution in [1.29, 1.82) is 0 Å². The Kier molecular flexibility index (Phi) is 4.18. The second-order valence-electron chi connectivity index (χ2n) is 3.45. The van der Waals surface area contributed by atoms with Gasteiger partial charge < -0.3 is 15.4 Å². The lowest BCUT2D eigenvalue weighted by atomic mass is 10.0. The highest BCUT2D eigenvalue weighted by Crippen LogP contribution is 2.13. The van der Waals surface area contributed by atoms with Gasteiger partial charge in [-0.25, -0.2) is 0 Å². The van der Waals surface area contributed by atoms with Crippen LogP contribution in [0.25, 0.3) is 0 Å². The van der Waals surface area contributed by atoms with Crippen molar-refractivity contribution in [2.24, 2.45) is 11.7 Å². The van der Waals surface area contributed by atoms with Crippen LogP contribution in [0.1, 0.15) is 13.3 Å². The van der Waals surface area contributed by atoms with Crippen LogP contribution < -0.4 is 5.73 Å². The predicted molar refractivity (Wildman–Crippen MR) is 50.2 cm³/mol. The van der Waals surface area contributed by atoms with Gasteiger partial charge in [-0.05, 0) is 13.0 Å². The summed E-state index contributed by atoms with van der Waals surface area (Å²) in [5.41, 5.74) is 5.45. The minimum atomic E-state index is 0.0955. The molecule has 1 heterocycles. The molecule has 1 aliphatic heterocycles. The zero-order valence-electron chi connectivity index (χ0n) is 8.16. The summed E-state index contributed by atoms with van der Waals surface area (Å²) in [5, 5.41) is 0. The van der Waals surface area contributed by atoms with E-state index in [1.54, 1.807) is 4.90 Å². The minimum absolute atomic E-state index is 0.0955. The van der Waals surface area contributed by atoms with Crippen LogP contribution in [0, 0.1) is 5.92 Å². The van der Waals surface area contributed by atoms with Gasteiger partial charge in [0.2, 0.25) is 5.91 Å². The first-order valence-electron chi connectivity index (χ1n) is 4.83. The summed E-state index contributed by atoms with van der Waals surface area (Å²) in [6, 6.07) is 0. The predicted octanol–water partition coefficient (Wildman–Crippen LogP) is -0.170. The van der Waals surface area contributed by atoms with Crippen molar-refractivity contribution < 1.29 is 9.53 Å². The van der Waals surface area contributed by atoms with Crippen LogP contribution in [0.5, 0.6) is 0 Å². The molecule has 0 aromatic carbocycles. The smallest absolute Gasteiger partial charge is 0.248 e. The maximum atomic E-state index is 11.3. The average Bonchev–Trinajstić information content (AvgIpc) is 2.03. The van der Waals surface area contributed by atoms with Gasteiger partial charge in [0.1, 0.15) is 6.61 Å². The van der Waals surface area contributed by atoms with Crippen molar-refractivity contribution in [1.82, 2.24) is 4.90 Å². The molecule has 0 bridgehead atoms. The van der Waals surface area contributed by atoms with E-state index in [1.165, 1.54) is 0 Å². The van der Waals surface area contributed by atoms with E-state index in [2.05, 4.69) is 0 Å². The zero-order valence-corrected chi connectivity index (χ0v) is 8.16. The molecule has 13 heavy (non-hydrogen) atoms. The summed E-state index contributed by atoms with van der Waals surface area (Å²) in [6.45, 7) is 5.22. The Labute approximate surface area is 79.0 Å². The lowest BCUT2D eigenvalue weighted by molar-refractivity contribution is -0.142. The minimum Gasteiger partial charge on any atom is -0.372 e. The van der Waals surface area contributed by atoms with Gasteiger partial charge >= 0.3 is 0 Å². The molecule has 4 nitrogen and oxygen atoms in total. The molecule has 0 unspecified atom stereocenters. The Morgan fingerprint density at radius 1 is 1.62 bits per heavy atom. The number of hydrogen-bond acceptors (Lipinski definition) is 3. The molecule has 0 aromatic rings. The first kappa shape index (κ1) is 10.5. The highest BCUT2D eigenvalue weighted by atomic mass is 16.5. The van der Waals surface area contributed by atoms with Gasteiger partial charge in [-0.3, -0.25) is 4.79 Å². The number of nitrogens with zero attached hydrogens (tertiary/aromatic N) is 1. The molecule has 1 fully saturated rings. The van der Waals surface area contributed by atoms with Gasteiger partial charge in [0.25, 0.3) is 0 Å². The van der Waals surface area contributed by atoms with Gasteiger partial charge in [0.05, 0.1) is 0 Å². The summed E-state index contributed by atoms with van der Waals surface area (Å²) in [4.78, 5) is 13.1. The molecule has 0 aliphatic carbocycles. The van der Waals surface area contributed by atoms with Crippen molar-refractivity contribution in [2.45, 2.75) is 13.3 Å². The van der Waals surface area contributed by atoms with Crippen molar-refractivity contribution in [3.8, 4) is 0 Å². The van der Waals surface area contributed by atoms with Crippen LogP contribution in [0.3, 0.4) is 0 Å². The fraction of sp³-hybridized carbons (Fsp3) is 0.889. The molecule has 0 aromatic heterocycles. The van der Waals surface area contributed by atoms with Crippen LogP contribution in [-0.4, -0.2) is 43.7 Å². The van der Waals surface area contributed by atoms with Crippen LogP contribution >= 0.6 is 0 Å².